The van der Waals surface area contributed by atoms with Gasteiger partial charge in [-0.1, -0.05) is 0 Å². The molecule has 2 unspecified atom stereocenters. The molecule has 4 heterocycles. The van der Waals surface area contributed by atoms with Crippen LogP contribution in [0.3, 0.4) is 0 Å². The van der Waals surface area contributed by atoms with Gasteiger partial charge >= 0.3 is 0 Å². The van der Waals surface area contributed by atoms with Crippen LogP contribution < -0.4 is 16.2 Å². The van der Waals surface area contributed by atoms with Crippen LogP contribution in [0.1, 0.15) is 11.9 Å². The summed E-state index contributed by atoms with van der Waals surface area (Å²) in [5, 5.41) is 16.5. The first-order valence-corrected chi connectivity index (χ1v) is 8.39. The summed E-state index contributed by atoms with van der Waals surface area (Å²) in [5.74, 6) is 0.135. The second-order valence-corrected chi connectivity index (χ2v) is 6.16. The van der Waals surface area contributed by atoms with Gasteiger partial charge in [-0.25, -0.2) is 25.1 Å². The second-order valence-electron chi connectivity index (χ2n) is 5.30. The normalized spacial score (nSPS) is 19.8. The molecule has 1 amide bonds. The topological polar surface area (TPSA) is 135 Å². The second kappa shape index (κ2) is 6.96. The van der Waals surface area contributed by atoms with E-state index in [4.69, 9.17) is 0 Å². The number of thiazole rings is 1. The molecule has 3 aromatic heterocycles. The molecule has 4 rings (SSSR count). The zero-order valence-corrected chi connectivity index (χ0v) is 13.7. The van der Waals surface area contributed by atoms with Gasteiger partial charge in [0, 0.05) is 24.3 Å². The van der Waals surface area contributed by atoms with E-state index in [0.717, 1.165) is 10.7 Å². The number of rotatable bonds is 5. The summed E-state index contributed by atoms with van der Waals surface area (Å²) >= 11 is 1.44. The molecule has 3 N–H and O–H groups in total. The first-order valence-electron chi connectivity index (χ1n) is 7.51. The third kappa shape index (κ3) is 3.35. The van der Waals surface area contributed by atoms with Gasteiger partial charge in [-0.2, -0.15) is 0 Å². The molecule has 0 aliphatic carbocycles. The summed E-state index contributed by atoms with van der Waals surface area (Å²) in [7, 11) is 0. The quantitative estimate of drug-likeness (QED) is 0.531. The van der Waals surface area contributed by atoms with Crippen LogP contribution in [0.4, 0.5) is 0 Å². The van der Waals surface area contributed by atoms with Gasteiger partial charge in [0.15, 0.2) is 10.8 Å². The Balaban J connectivity index is 1.38. The van der Waals surface area contributed by atoms with Crippen LogP contribution >= 0.6 is 11.3 Å². The molecule has 25 heavy (non-hydrogen) atoms. The Morgan fingerprint density at radius 3 is 3.08 bits per heavy atom. The molecular weight excluding hydrogens is 344 g/mol. The maximum atomic E-state index is 12.5. The van der Waals surface area contributed by atoms with Crippen molar-refractivity contribution in [1.82, 2.24) is 51.3 Å². The molecule has 0 spiro atoms. The SMILES string of the molecule is O=C(NCc1csc(-c2ncccn2)n1)C1CNNC1n1cnnn1. The van der Waals surface area contributed by atoms with Crippen molar-refractivity contribution in [3.05, 3.63) is 35.9 Å². The highest BCUT2D eigenvalue weighted by atomic mass is 32.1. The maximum absolute atomic E-state index is 12.5. The molecule has 12 heteroatoms. The van der Waals surface area contributed by atoms with Crippen molar-refractivity contribution >= 4 is 17.2 Å². The van der Waals surface area contributed by atoms with E-state index in [0.29, 0.717) is 18.9 Å². The lowest BCUT2D eigenvalue weighted by molar-refractivity contribution is -0.125. The summed E-state index contributed by atoms with van der Waals surface area (Å²) in [5.41, 5.74) is 6.71. The molecule has 3 aromatic rings. The molecule has 0 bridgehead atoms. The van der Waals surface area contributed by atoms with E-state index >= 15 is 0 Å². The van der Waals surface area contributed by atoms with Crippen molar-refractivity contribution in [2.24, 2.45) is 5.92 Å². The molecule has 1 fully saturated rings. The lowest BCUT2D eigenvalue weighted by Gasteiger charge is -2.16. The minimum absolute atomic E-state index is 0.108. The predicted molar refractivity (Wildman–Crippen MR) is 86.5 cm³/mol. The Hall–Kier alpha value is -2.83. The molecule has 2 atom stereocenters. The van der Waals surface area contributed by atoms with Gasteiger partial charge in [0.05, 0.1) is 18.2 Å². The van der Waals surface area contributed by atoms with Crippen molar-refractivity contribution in [3.8, 4) is 10.8 Å². The number of aromatic nitrogens is 7. The molecule has 1 aliphatic rings. The first-order chi connectivity index (χ1) is 12.3. The molecular formula is C13H14N10OS. The van der Waals surface area contributed by atoms with Crippen molar-refractivity contribution in [2.75, 3.05) is 6.54 Å². The van der Waals surface area contributed by atoms with E-state index in [9.17, 15) is 4.79 Å². The molecule has 1 aliphatic heterocycles. The van der Waals surface area contributed by atoms with Crippen LogP contribution in [0.5, 0.6) is 0 Å². The fourth-order valence-corrected chi connectivity index (χ4v) is 3.24. The van der Waals surface area contributed by atoms with Gasteiger partial charge in [0.2, 0.25) is 5.91 Å². The van der Waals surface area contributed by atoms with Gasteiger partial charge in [0.1, 0.15) is 12.5 Å². The number of hydrazine groups is 1. The molecule has 11 nitrogen and oxygen atoms in total. The van der Waals surface area contributed by atoms with Gasteiger partial charge in [-0.3, -0.25) is 10.2 Å². The number of carbonyl (C=O) groups excluding carboxylic acids is 1. The van der Waals surface area contributed by atoms with Crippen LogP contribution in [0.15, 0.2) is 30.2 Å². The average Bonchev–Trinajstić information content (AvgIpc) is 3.41. The summed E-state index contributed by atoms with van der Waals surface area (Å²) in [6, 6.07) is 1.75. The maximum Gasteiger partial charge on any atom is 0.228 e. The minimum Gasteiger partial charge on any atom is -0.350 e. The Kier molecular flexibility index (Phi) is 4.37. The van der Waals surface area contributed by atoms with Crippen molar-refractivity contribution in [3.63, 3.8) is 0 Å². The number of tetrazole rings is 1. The molecule has 1 saturated heterocycles. The van der Waals surface area contributed by atoms with E-state index < -0.39 is 0 Å². The van der Waals surface area contributed by atoms with E-state index in [1.807, 2.05) is 5.38 Å². The predicted octanol–water partition coefficient (Wildman–Crippen LogP) is -0.874. The van der Waals surface area contributed by atoms with E-state index in [1.54, 1.807) is 18.5 Å². The number of hydrogen-bond donors (Lipinski definition) is 3. The minimum atomic E-state index is -0.335. The number of amides is 1. The van der Waals surface area contributed by atoms with Crippen LogP contribution in [0.2, 0.25) is 0 Å². The third-order valence-electron chi connectivity index (χ3n) is 3.69. The summed E-state index contributed by atoms with van der Waals surface area (Å²) in [6.07, 6.45) is 4.48. The number of hydrogen-bond acceptors (Lipinski definition) is 10. The Morgan fingerprint density at radius 1 is 1.40 bits per heavy atom. The number of nitrogens with one attached hydrogen (secondary N) is 3. The summed E-state index contributed by atoms with van der Waals surface area (Å²) < 4.78 is 1.51. The summed E-state index contributed by atoms with van der Waals surface area (Å²) in [4.78, 5) is 25.3. The molecule has 0 saturated carbocycles. The smallest absolute Gasteiger partial charge is 0.228 e. The zero-order valence-electron chi connectivity index (χ0n) is 12.9. The largest absolute Gasteiger partial charge is 0.350 e. The fraction of sp³-hybridized carbons (Fsp3) is 0.308. The molecule has 0 radical (unpaired) electrons. The Labute approximate surface area is 145 Å². The van der Waals surface area contributed by atoms with Crippen LogP contribution in [-0.2, 0) is 11.3 Å². The van der Waals surface area contributed by atoms with E-state index in [-0.39, 0.29) is 18.0 Å². The van der Waals surface area contributed by atoms with Crippen molar-refractivity contribution < 1.29 is 4.79 Å². The zero-order chi connectivity index (χ0) is 17.1. The van der Waals surface area contributed by atoms with Crippen LogP contribution in [0, 0.1) is 5.92 Å². The highest BCUT2D eigenvalue weighted by Gasteiger charge is 2.34. The number of carbonyl (C=O) groups is 1. The Morgan fingerprint density at radius 2 is 2.28 bits per heavy atom. The highest BCUT2D eigenvalue weighted by molar-refractivity contribution is 7.13. The Bertz CT molecular complexity index is 836. The lowest BCUT2D eigenvalue weighted by atomic mass is 10.1. The standard InChI is InChI=1S/C13H14N10OS/c24-12(9-5-17-20-11(9)23-7-18-21-22-23)16-4-8-6-25-13(19-8)10-14-2-1-3-15-10/h1-3,6-7,9,11,17,20H,4-5H2,(H,16,24). The monoisotopic (exact) mass is 358 g/mol. The third-order valence-corrected chi connectivity index (χ3v) is 4.58. The van der Waals surface area contributed by atoms with Gasteiger partial charge in [-0.15, -0.1) is 16.4 Å². The van der Waals surface area contributed by atoms with Crippen LogP contribution in [-0.4, -0.2) is 47.6 Å². The molecule has 128 valence electrons. The van der Waals surface area contributed by atoms with Gasteiger partial charge in [0.25, 0.3) is 0 Å². The van der Waals surface area contributed by atoms with Crippen molar-refractivity contribution in [1.29, 1.82) is 0 Å². The van der Waals surface area contributed by atoms with E-state index in [2.05, 4.69) is 46.6 Å². The van der Waals surface area contributed by atoms with E-state index in [1.165, 1.54) is 22.3 Å². The van der Waals surface area contributed by atoms with Gasteiger partial charge < -0.3 is 5.32 Å². The first kappa shape index (κ1) is 15.7. The lowest BCUT2D eigenvalue weighted by Crippen LogP contribution is -2.37. The molecule has 0 aromatic carbocycles. The average molecular weight is 358 g/mol. The van der Waals surface area contributed by atoms with Gasteiger partial charge in [-0.05, 0) is 16.5 Å². The van der Waals surface area contributed by atoms with Crippen LogP contribution in [0.25, 0.3) is 10.8 Å². The number of nitrogens with zero attached hydrogens (tertiary/aromatic N) is 7. The fourth-order valence-electron chi connectivity index (χ4n) is 2.48. The van der Waals surface area contributed by atoms with Crippen molar-refractivity contribution in [2.45, 2.75) is 12.7 Å². The summed E-state index contributed by atoms with van der Waals surface area (Å²) in [6.45, 7) is 0.817. The highest BCUT2D eigenvalue weighted by Crippen LogP contribution is 2.20.